The van der Waals surface area contributed by atoms with E-state index in [1.165, 1.54) is 24.8 Å². The van der Waals surface area contributed by atoms with E-state index in [-0.39, 0.29) is 12.0 Å². The van der Waals surface area contributed by atoms with Gasteiger partial charge in [0.1, 0.15) is 0 Å². The minimum Gasteiger partial charge on any atom is -0.339 e. The smallest absolute Gasteiger partial charge is 0.227 e. The van der Waals surface area contributed by atoms with Crippen LogP contribution in [0.5, 0.6) is 0 Å². The van der Waals surface area contributed by atoms with E-state index in [0.717, 1.165) is 19.4 Å². The molecule has 6 atom stereocenters. The van der Waals surface area contributed by atoms with Gasteiger partial charge in [0.15, 0.2) is 0 Å². The van der Waals surface area contributed by atoms with Crippen LogP contribution in [0.25, 0.3) is 0 Å². The second-order valence-corrected chi connectivity index (χ2v) is 7.95. The number of benzene rings is 1. The molecule has 1 heterocycles. The van der Waals surface area contributed by atoms with Crippen molar-refractivity contribution in [1.82, 2.24) is 4.90 Å². The molecule has 0 radical (unpaired) electrons. The number of amides is 1. The van der Waals surface area contributed by atoms with Crippen molar-refractivity contribution in [1.29, 1.82) is 0 Å². The van der Waals surface area contributed by atoms with Crippen LogP contribution in [-0.2, 0) is 11.2 Å². The van der Waals surface area contributed by atoms with Crippen LogP contribution >= 0.6 is 0 Å². The van der Waals surface area contributed by atoms with Gasteiger partial charge in [-0.05, 0) is 62.3 Å². The van der Waals surface area contributed by atoms with Crippen LogP contribution < -0.4 is 5.73 Å². The highest BCUT2D eigenvalue weighted by atomic mass is 16.2. The maximum atomic E-state index is 13.1. The van der Waals surface area contributed by atoms with Crippen LogP contribution in [0.1, 0.15) is 38.2 Å². The van der Waals surface area contributed by atoms with E-state index in [2.05, 4.69) is 42.2 Å². The fraction of sp³-hybridized carbons (Fsp3) is 0.650. The number of rotatable bonds is 3. The number of hydrogen-bond acceptors (Lipinski definition) is 2. The highest BCUT2D eigenvalue weighted by Gasteiger charge is 2.51. The zero-order chi connectivity index (χ0) is 16.0. The predicted molar refractivity (Wildman–Crippen MR) is 91.7 cm³/mol. The van der Waals surface area contributed by atoms with Crippen molar-refractivity contribution in [3.63, 3.8) is 0 Å². The molecule has 0 spiro atoms. The Morgan fingerprint density at radius 2 is 1.91 bits per heavy atom. The van der Waals surface area contributed by atoms with Crippen molar-refractivity contribution >= 4 is 5.91 Å². The minimum absolute atomic E-state index is 0.103. The molecular formula is C20H28N2O. The Hall–Kier alpha value is -1.35. The summed E-state index contributed by atoms with van der Waals surface area (Å²) in [4.78, 5) is 15.3. The third-order valence-electron chi connectivity index (χ3n) is 6.80. The topological polar surface area (TPSA) is 46.3 Å². The van der Waals surface area contributed by atoms with E-state index < -0.39 is 0 Å². The standard InChI is InChI=1S/C20H28N2O/c1-13-15(11-14-5-3-2-4-6-14)9-10-22(13)20(23)18-16-7-8-17(12-16)19(18)21/h2-6,13,15-19H,7-12,21H2,1H3. The lowest BCUT2D eigenvalue weighted by Gasteiger charge is -2.33. The fourth-order valence-electron chi connectivity index (χ4n) is 5.40. The summed E-state index contributed by atoms with van der Waals surface area (Å²) < 4.78 is 0. The quantitative estimate of drug-likeness (QED) is 0.933. The molecule has 2 bridgehead atoms. The van der Waals surface area contributed by atoms with E-state index in [1.807, 2.05) is 0 Å². The molecule has 3 nitrogen and oxygen atoms in total. The highest BCUT2D eigenvalue weighted by Crippen LogP contribution is 2.48. The van der Waals surface area contributed by atoms with Crippen LogP contribution in [0.3, 0.4) is 0 Å². The molecule has 0 aromatic heterocycles. The lowest BCUT2D eigenvalue weighted by molar-refractivity contribution is -0.138. The second kappa shape index (κ2) is 5.94. The molecule has 124 valence electrons. The predicted octanol–water partition coefficient (Wildman–Crippen LogP) is 2.84. The number of nitrogens with zero attached hydrogens (tertiary/aromatic N) is 1. The molecule has 1 aliphatic heterocycles. The number of fused-ring (bicyclic) bond motifs is 2. The largest absolute Gasteiger partial charge is 0.339 e. The van der Waals surface area contributed by atoms with Gasteiger partial charge in [0.2, 0.25) is 5.91 Å². The van der Waals surface area contributed by atoms with Crippen molar-refractivity contribution in [2.45, 2.75) is 51.1 Å². The first-order chi connectivity index (χ1) is 11.1. The second-order valence-electron chi connectivity index (χ2n) is 7.95. The monoisotopic (exact) mass is 312 g/mol. The molecule has 3 aliphatic rings. The van der Waals surface area contributed by atoms with Gasteiger partial charge in [0.05, 0.1) is 5.92 Å². The summed E-state index contributed by atoms with van der Waals surface area (Å²) in [7, 11) is 0. The zero-order valence-corrected chi connectivity index (χ0v) is 14.0. The van der Waals surface area contributed by atoms with Crippen molar-refractivity contribution in [3.05, 3.63) is 35.9 Å². The van der Waals surface area contributed by atoms with Gasteiger partial charge in [-0.25, -0.2) is 0 Å². The summed E-state index contributed by atoms with van der Waals surface area (Å²) in [5, 5.41) is 0. The number of likely N-dealkylation sites (tertiary alicyclic amines) is 1. The van der Waals surface area contributed by atoms with Crippen molar-refractivity contribution in [2.24, 2.45) is 29.4 Å². The Morgan fingerprint density at radius 1 is 1.17 bits per heavy atom. The van der Waals surface area contributed by atoms with E-state index in [4.69, 9.17) is 5.73 Å². The van der Waals surface area contributed by atoms with Gasteiger partial charge < -0.3 is 10.6 Å². The SMILES string of the molecule is CC1C(Cc2ccccc2)CCN1C(=O)C1C2CCC(C2)C1N. The molecule has 23 heavy (non-hydrogen) atoms. The molecule has 3 heteroatoms. The van der Waals surface area contributed by atoms with E-state index >= 15 is 0 Å². The zero-order valence-electron chi connectivity index (χ0n) is 14.0. The normalized spacial score (nSPS) is 39.1. The van der Waals surface area contributed by atoms with Gasteiger partial charge in [-0.3, -0.25) is 4.79 Å². The Bertz CT molecular complexity index is 570. The average Bonchev–Trinajstić information content (AvgIpc) is 3.24. The first-order valence-electron chi connectivity index (χ1n) is 9.25. The molecule has 2 aliphatic carbocycles. The Balaban J connectivity index is 1.43. The third kappa shape index (κ3) is 2.59. The molecule has 3 fully saturated rings. The van der Waals surface area contributed by atoms with Gasteiger partial charge in [0, 0.05) is 18.6 Å². The summed E-state index contributed by atoms with van der Waals surface area (Å²) in [5.41, 5.74) is 7.77. The van der Waals surface area contributed by atoms with Gasteiger partial charge in [0.25, 0.3) is 0 Å². The molecule has 1 saturated heterocycles. The third-order valence-corrected chi connectivity index (χ3v) is 6.80. The Kier molecular flexibility index (Phi) is 3.92. The molecule has 4 rings (SSSR count). The molecule has 1 aromatic rings. The number of nitrogens with two attached hydrogens (primary N) is 1. The Labute approximate surface area is 139 Å². The summed E-state index contributed by atoms with van der Waals surface area (Å²) in [6.45, 7) is 3.15. The Morgan fingerprint density at radius 3 is 2.61 bits per heavy atom. The maximum absolute atomic E-state index is 13.1. The molecule has 1 aromatic carbocycles. The summed E-state index contributed by atoms with van der Waals surface area (Å²) in [5.74, 6) is 2.20. The van der Waals surface area contributed by atoms with Crippen LogP contribution in [0.4, 0.5) is 0 Å². The number of carbonyl (C=O) groups excluding carboxylic acids is 1. The average molecular weight is 312 g/mol. The van der Waals surface area contributed by atoms with Crippen molar-refractivity contribution < 1.29 is 4.79 Å². The van der Waals surface area contributed by atoms with Gasteiger partial charge in [-0.2, -0.15) is 0 Å². The summed E-state index contributed by atoms with van der Waals surface area (Å²) in [6, 6.07) is 11.1. The molecule has 2 N–H and O–H groups in total. The van der Waals surface area contributed by atoms with Crippen LogP contribution in [0.2, 0.25) is 0 Å². The van der Waals surface area contributed by atoms with Crippen LogP contribution in [0, 0.1) is 23.7 Å². The minimum atomic E-state index is 0.103. The fourth-order valence-corrected chi connectivity index (χ4v) is 5.40. The lowest BCUT2D eigenvalue weighted by Crippen LogP contribution is -2.48. The van der Waals surface area contributed by atoms with Crippen LogP contribution in [-0.4, -0.2) is 29.4 Å². The summed E-state index contributed by atoms with van der Waals surface area (Å²) in [6.07, 6.45) is 5.84. The van der Waals surface area contributed by atoms with Gasteiger partial charge in [-0.1, -0.05) is 30.3 Å². The maximum Gasteiger partial charge on any atom is 0.227 e. The van der Waals surface area contributed by atoms with Gasteiger partial charge in [-0.15, -0.1) is 0 Å². The molecule has 1 amide bonds. The van der Waals surface area contributed by atoms with Crippen LogP contribution in [0.15, 0.2) is 30.3 Å². The van der Waals surface area contributed by atoms with Gasteiger partial charge >= 0.3 is 0 Å². The first-order valence-corrected chi connectivity index (χ1v) is 9.25. The number of hydrogen-bond donors (Lipinski definition) is 1. The van der Waals surface area contributed by atoms with E-state index in [1.54, 1.807) is 0 Å². The highest BCUT2D eigenvalue weighted by molar-refractivity contribution is 5.81. The molecule has 6 unspecified atom stereocenters. The van der Waals surface area contributed by atoms with E-state index in [9.17, 15) is 4.79 Å². The summed E-state index contributed by atoms with van der Waals surface area (Å²) >= 11 is 0. The van der Waals surface area contributed by atoms with Crippen molar-refractivity contribution in [2.75, 3.05) is 6.54 Å². The van der Waals surface area contributed by atoms with E-state index in [0.29, 0.717) is 29.7 Å². The molecular weight excluding hydrogens is 284 g/mol. The first kappa shape index (κ1) is 15.2. The number of carbonyl (C=O) groups is 1. The van der Waals surface area contributed by atoms with Crippen molar-refractivity contribution in [3.8, 4) is 0 Å². The lowest BCUT2D eigenvalue weighted by atomic mass is 9.83. The molecule has 2 saturated carbocycles.